The van der Waals surface area contributed by atoms with E-state index in [2.05, 4.69) is 32.4 Å². The van der Waals surface area contributed by atoms with Crippen LogP contribution in [0.4, 0.5) is 5.82 Å². The number of hydrogen-bond donors (Lipinski definition) is 3. The zero-order chi connectivity index (χ0) is 28.2. The van der Waals surface area contributed by atoms with Crippen LogP contribution in [0.5, 0.6) is 0 Å². The zero-order valence-corrected chi connectivity index (χ0v) is 22.1. The van der Waals surface area contributed by atoms with Gasteiger partial charge in [0.2, 0.25) is 5.91 Å². The van der Waals surface area contributed by atoms with E-state index in [-0.39, 0.29) is 35.4 Å². The van der Waals surface area contributed by atoms with Crippen LogP contribution in [0.3, 0.4) is 0 Å². The lowest BCUT2D eigenvalue weighted by molar-refractivity contribution is -0.118. The van der Waals surface area contributed by atoms with Crippen LogP contribution in [0.25, 0.3) is 21.7 Å². The van der Waals surface area contributed by atoms with Crippen LogP contribution < -0.4 is 21.9 Å². The molecule has 3 heterocycles. The monoisotopic (exact) mass is 532 g/mol. The maximum absolute atomic E-state index is 14.1. The molecule has 9 heteroatoms. The van der Waals surface area contributed by atoms with Crippen LogP contribution in [-0.2, 0) is 4.79 Å². The van der Waals surface area contributed by atoms with Crippen LogP contribution in [0.1, 0.15) is 54.0 Å². The third kappa shape index (κ3) is 5.20. The maximum atomic E-state index is 14.1. The molecule has 5 rings (SSSR count). The molecule has 3 aromatic heterocycles. The average molecular weight is 533 g/mol. The van der Waals surface area contributed by atoms with Crippen molar-refractivity contribution in [2.45, 2.75) is 32.4 Å². The fraction of sp³-hybridized carbons (Fsp3) is 0.194. The van der Waals surface area contributed by atoms with Gasteiger partial charge in [-0.2, -0.15) is 0 Å². The third-order valence-corrected chi connectivity index (χ3v) is 6.74. The number of carbonyl (C=O) groups is 2. The standard InChI is InChI=1S/C31H28N6O3/c1-19(36-30(39)27-28-23(12-8-16-34-28)18-35-29(27)32)25-17-22-10-6-9-21(11-7-15-33-20(2)38)26(22)31(40)37(25)24-13-4-3-5-14-24/h3-6,8-10,12-13,16-19,24H,14-15H2,1-2H3,(H2,32,35)(H,33,38)(H,36,39)/t19-,24?/m1/s1. The van der Waals surface area contributed by atoms with Crippen molar-refractivity contribution in [1.82, 2.24) is 25.2 Å². The summed E-state index contributed by atoms with van der Waals surface area (Å²) in [5, 5.41) is 7.54. The van der Waals surface area contributed by atoms with Crippen LogP contribution in [0.2, 0.25) is 0 Å². The Morgan fingerprint density at radius 2 is 2.00 bits per heavy atom. The van der Waals surface area contributed by atoms with Gasteiger partial charge in [0, 0.05) is 36.0 Å². The van der Waals surface area contributed by atoms with Crippen molar-refractivity contribution in [3.63, 3.8) is 0 Å². The number of carbonyl (C=O) groups excluding carboxylic acids is 2. The minimum Gasteiger partial charge on any atom is -0.383 e. The molecule has 2 atom stereocenters. The predicted molar refractivity (Wildman–Crippen MR) is 156 cm³/mol. The molecule has 4 aromatic rings. The Bertz CT molecular complexity index is 1830. The summed E-state index contributed by atoms with van der Waals surface area (Å²) in [4.78, 5) is 47.4. The van der Waals surface area contributed by atoms with Crippen LogP contribution >= 0.6 is 0 Å². The van der Waals surface area contributed by atoms with Gasteiger partial charge < -0.3 is 20.9 Å². The second kappa shape index (κ2) is 11.3. The molecule has 1 unspecified atom stereocenters. The Hall–Kier alpha value is -5.23. The van der Waals surface area contributed by atoms with Crippen LogP contribution in [0, 0.1) is 11.8 Å². The molecule has 0 saturated carbocycles. The summed E-state index contributed by atoms with van der Waals surface area (Å²) in [6.45, 7) is 3.43. The first-order chi connectivity index (χ1) is 19.3. The summed E-state index contributed by atoms with van der Waals surface area (Å²) < 4.78 is 1.72. The minimum atomic E-state index is -0.559. The van der Waals surface area contributed by atoms with Crippen molar-refractivity contribution in [1.29, 1.82) is 0 Å². The van der Waals surface area contributed by atoms with E-state index < -0.39 is 11.9 Å². The molecule has 0 spiro atoms. The molecule has 2 amide bonds. The zero-order valence-electron chi connectivity index (χ0n) is 22.1. The number of nitrogens with two attached hydrogens (primary N) is 1. The molecule has 0 aliphatic heterocycles. The maximum Gasteiger partial charge on any atom is 0.260 e. The SMILES string of the molecule is CC(=O)NCC#Cc1cccc2cc([C@@H](C)NC(=O)c3c(N)ncc4cccnc34)n(C3C=CC=CC3)c(=O)c12. The highest BCUT2D eigenvalue weighted by atomic mass is 16.2. The van der Waals surface area contributed by atoms with Gasteiger partial charge in [0.05, 0.1) is 29.5 Å². The van der Waals surface area contributed by atoms with E-state index in [9.17, 15) is 14.4 Å². The minimum absolute atomic E-state index is 0.0784. The fourth-order valence-electron chi connectivity index (χ4n) is 4.87. The van der Waals surface area contributed by atoms with Crippen LogP contribution in [-0.4, -0.2) is 32.9 Å². The lowest BCUT2D eigenvalue weighted by Gasteiger charge is -2.26. The lowest BCUT2D eigenvalue weighted by atomic mass is 10.0. The Morgan fingerprint density at radius 1 is 1.18 bits per heavy atom. The van der Waals surface area contributed by atoms with Crippen molar-refractivity contribution >= 4 is 39.3 Å². The molecule has 0 radical (unpaired) electrons. The molecule has 0 bridgehead atoms. The summed E-state index contributed by atoms with van der Waals surface area (Å²) in [5.74, 6) is 5.42. The number of pyridine rings is 3. The van der Waals surface area contributed by atoms with E-state index in [0.717, 1.165) is 0 Å². The number of nitrogen functional groups attached to an aromatic ring is 1. The van der Waals surface area contributed by atoms with E-state index in [1.807, 2.05) is 55.5 Å². The van der Waals surface area contributed by atoms with Gasteiger partial charge in [-0.3, -0.25) is 19.4 Å². The Labute approximate surface area is 230 Å². The van der Waals surface area contributed by atoms with E-state index >= 15 is 0 Å². The molecule has 200 valence electrons. The lowest BCUT2D eigenvalue weighted by Crippen LogP contribution is -2.35. The number of rotatable bonds is 5. The quantitative estimate of drug-likeness (QED) is 0.337. The van der Waals surface area contributed by atoms with E-state index in [1.165, 1.54) is 6.92 Å². The molecule has 9 nitrogen and oxygen atoms in total. The van der Waals surface area contributed by atoms with Gasteiger partial charge in [0.15, 0.2) is 0 Å². The largest absolute Gasteiger partial charge is 0.383 e. The van der Waals surface area contributed by atoms with E-state index in [0.29, 0.717) is 39.4 Å². The molecule has 0 fully saturated rings. The third-order valence-electron chi connectivity index (χ3n) is 6.74. The van der Waals surface area contributed by atoms with Crippen molar-refractivity contribution in [2.24, 2.45) is 0 Å². The topological polar surface area (TPSA) is 132 Å². The first kappa shape index (κ1) is 26.4. The summed E-state index contributed by atoms with van der Waals surface area (Å²) >= 11 is 0. The first-order valence-electron chi connectivity index (χ1n) is 12.9. The number of fused-ring (bicyclic) bond motifs is 2. The second-order valence-corrected chi connectivity index (χ2v) is 9.50. The fourth-order valence-corrected chi connectivity index (χ4v) is 4.87. The van der Waals surface area contributed by atoms with Gasteiger partial charge in [-0.25, -0.2) is 4.98 Å². The Balaban J connectivity index is 1.59. The average Bonchev–Trinajstić information content (AvgIpc) is 2.95. The highest BCUT2D eigenvalue weighted by Crippen LogP contribution is 2.27. The molecule has 1 aromatic carbocycles. The second-order valence-electron chi connectivity index (χ2n) is 9.50. The number of amides is 2. The molecule has 1 aliphatic rings. The molecule has 4 N–H and O–H groups in total. The van der Waals surface area contributed by atoms with Gasteiger partial charge in [0.1, 0.15) is 11.4 Å². The van der Waals surface area contributed by atoms with Gasteiger partial charge in [-0.1, -0.05) is 48.3 Å². The molecule has 0 saturated heterocycles. The van der Waals surface area contributed by atoms with Gasteiger partial charge in [-0.05, 0) is 43.0 Å². The summed E-state index contributed by atoms with van der Waals surface area (Å²) in [6, 6.07) is 10.2. The van der Waals surface area contributed by atoms with E-state index in [4.69, 9.17) is 5.73 Å². The van der Waals surface area contributed by atoms with Crippen molar-refractivity contribution in [3.8, 4) is 11.8 Å². The molecular formula is C31H28N6O3. The number of aromatic nitrogens is 3. The normalized spacial score (nSPS) is 14.9. The highest BCUT2D eigenvalue weighted by molar-refractivity contribution is 6.09. The number of hydrogen-bond acceptors (Lipinski definition) is 6. The Morgan fingerprint density at radius 3 is 2.77 bits per heavy atom. The summed E-state index contributed by atoms with van der Waals surface area (Å²) in [5.41, 5.74) is 7.75. The smallest absolute Gasteiger partial charge is 0.260 e. The number of anilines is 1. The first-order valence-corrected chi connectivity index (χ1v) is 12.9. The van der Waals surface area contributed by atoms with Crippen molar-refractivity contribution < 1.29 is 9.59 Å². The highest BCUT2D eigenvalue weighted by Gasteiger charge is 2.24. The van der Waals surface area contributed by atoms with E-state index in [1.54, 1.807) is 29.1 Å². The molecular weight excluding hydrogens is 504 g/mol. The molecule has 40 heavy (non-hydrogen) atoms. The molecule has 1 aliphatic carbocycles. The van der Waals surface area contributed by atoms with Gasteiger partial charge >= 0.3 is 0 Å². The number of allylic oxidation sites excluding steroid dienone is 4. The Kier molecular flexibility index (Phi) is 7.42. The predicted octanol–water partition coefficient (Wildman–Crippen LogP) is 3.56. The van der Waals surface area contributed by atoms with Crippen LogP contribution in [0.15, 0.2) is 77.9 Å². The van der Waals surface area contributed by atoms with Crippen molar-refractivity contribution in [3.05, 3.63) is 100 Å². The van der Waals surface area contributed by atoms with Gasteiger partial charge in [0.25, 0.3) is 11.5 Å². The summed E-state index contributed by atoms with van der Waals surface area (Å²) in [7, 11) is 0. The number of benzene rings is 1. The summed E-state index contributed by atoms with van der Waals surface area (Å²) in [6.07, 6.45) is 11.6. The number of nitrogens with one attached hydrogen (secondary N) is 2. The number of nitrogens with zero attached hydrogens (tertiary/aromatic N) is 3. The van der Waals surface area contributed by atoms with Crippen molar-refractivity contribution in [2.75, 3.05) is 12.3 Å². The van der Waals surface area contributed by atoms with Gasteiger partial charge in [-0.15, -0.1) is 0 Å².